The molecule has 0 aliphatic heterocycles. The van der Waals surface area contributed by atoms with E-state index < -0.39 is 0 Å². The molecule has 0 atom stereocenters. The molecule has 140 valence electrons. The van der Waals surface area contributed by atoms with Crippen molar-refractivity contribution >= 4 is 18.1 Å². The van der Waals surface area contributed by atoms with Crippen LogP contribution in [0.25, 0.3) is 0 Å². The molecule has 0 bridgehead atoms. The molecular weight excluding hydrogens is 360 g/mol. The summed E-state index contributed by atoms with van der Waals surface area (Å²) in [7, 11) is 0. The van der Waals surface area contributed by atoms with Gasteiger partial charge in [-0.2, -0.15) is 5.10 Å². The molecule has 2 aromatic carbocycles. The van der Waals surface area contributed by atoms with Crippen molar-refractivity contribution < 1.29 is 9.53 Å². The molecule has 1 heterocycles. The van der Waals surface area contributed by atoms with E-state index in [9.17, 15) is 4.79 Å². The summed E-state index contributed by atoms with van der Waals surface area (Å²) in [6.07, 6.45) is 1.72. The molecule has 7 heteroatoms. The van der Waals surface area contributed by atoms with Gasteiger partial charge in [0.1, 0.15) is 23.9 Å². The Labute approximate surface area is 163 Å². The predicted octanol–water partition coefficient (Wildman–Crippen LogP) is 4.00. The summed E-state index contributed by atoms with van der Waals surface area (Å²) in [4.78, 5) is 12.3. The third kappa shape index (κ3) is 5.27. The fourth-order valence-electron chi connectivity index (χ4n) is 2.67. The van der Waals surface area contributed by atoms with E-state index in [4.69, 9.17) is 17.0 Å². The Morgan fingerprint density at radius 3 is 2.74 bits per heavy atom. The zero-order valence-electron chi connectivity index (χ0n) is 15.1. The third-order valence-corrected chi connectivity index (χ3v) is 4.29. The summed E-state index contributed by atoms with van der Waals surface area (Å²) in [6, 6.07) is 17.2. The number of H-pyrrole nitrogens is 1. The van der Waals surface area contributed by atoms with Crippen molar-refractivity contribution in [3.8, 4) is 11.5 Å². The molecule has 0 saturated heterocycles. The lowest BCUT2D eigenvalue weighted by Gasteiger charge is -2.10. The van der Waals surface area contributed by atoms with Gasteiger partial charge in [-0.15, -0.1) is 0 Å². The number of benzene rings is 2. The van der Waals surface area contributed by atoms with Gasteiger partial charge in [0.05, 0.1) is 0 Å². The molecule has 1 amide bonds. The summed E-state index contributed by atoms with van der Waals surface area (Å²) in [5.41, 5.74) is 0.960. The first-order valence-corrected chi connectivity index (χ1v) is 9.29. The van der Waals surface area contributed by atoms with Gasteiger partial charge in [-0.1, -0.05) is 37.3 Å². The number of aryl methyl sites for hydroxylation is 1. The van der Waals surface area contributed by atoms with Crippen molar-refractivity contribution in [2.24, 2.45) is 0 Å². The molecule has 3 rings (SSSR count). The molecule has 0 aliphatic rings. The van der Waals surface area contributed by atoms with Gasteiger partial charge in [0.15, 0.2) is 4.77 Å². The Morgan fingerprint density at radius 2 is 1.96 bits per heavy atom. The lowest BCUT2D eigenvalue weighted by atomic mass is 10.2. The minimum absolute atomic E-state index is 0.112. The Morgan fingerprint density at radius 1 is 1.19 bits per heavy atom. The van der Waals surface area contributed by atoms with Gasteiger partial charge in [-0.05, 0) is 48.5 Å². The first kappa shape index (κ1) is 18.8. The van der Waals surface area contributed by atoms with Crippen LogP contribution in [-0.4, -0.2) is 20.7 Å². The second-order valence-electron chi connectivity index (χ2n) is 6.12. The average molecular weight is 382 g/mol. The van der Waals surface area contributed by atoms with Crippen LogP contribution in [0.2, 0.25) is 0 Å². The monoisotopic (exact) mass is 382 g/mol. The number of aromatic nitrogens is 3. The van der Waals surface area contributed by atoms with E-state index >= 15 is 0 Å². The van der Waals surface area contributed by atoms with E-state index in [1.165, 1.54) is 0 Å². The summed E-state index contributed by atoms with van der Waals surface area (Å²) >= 11 is 5.21. The number of carbonyl (C=O) groups is 1. The van der Waals surface area contributed by atoms with Crippen molar-refractivity contribution in [2.75, 3.05) is 0 Å². The SMILES string of the molecule is CCCc1n[nH]c(=S)n1CC(=O)NCc1cccc(Oc2ccccc2)c1. The minimum atomic E-state index is -0.112. The standard InChI is InChI=1S/C20H22N4O2S/c1-2-7-18-22-23-20(27)24(18)14-19(25)21-13-15-8-6-11-17(12-15)26-16-9-4-3-5-10-16/h3-6,8-12H,2,7,13-14H2,1H3,(H,21,25)(H,23,27). The maximum absolute atomic E-state index is 12.3. The lowest BCUT2D eigenvalue weighted by molar-refractivity contribution is -0.121. The number of aromatic amines is 1. The number of rotatable bonds is 8. The van der Waals surface area contributed by atoms with E-state index in [2.05, 4.69) is 22.4 Å². The van der Waals surface area contributed by atoms with Gasteiger partial charge in [-0.25, -0.2) is 0 Å². The Bertz CT molecular complexity index is 950. The van der Waals surface area contributed by atoms with E-state index in [0.717, 1.165) is 35.7 Å². The summed E-state index contributed by atoms with van der Waals surface area (Å²) < 4.78 is 8.03. The number of hydrogen-bond donors (Lipinski definition) is 2. The van der Waals surface area contributed by atoms with Crippen LogP contribution >= 0.6 is 12.2 Å². The highest BCUT2D eigenvalue weighted by Crippen LogP contribution is 2.21. The van der Waals surface area contributed by atoms with Gasteiger partial charge in [-0.3, -0.25) is 14.5 Å². The van der Waals surface area contributed by atoms with Crippen molar-refractivity contribution in [2.45, 2.75) is 32.9 Å². The number of nitrogens with zero attached hydrogens (tertiary/aromatic N) is 2. The van der Waals surface area contributed by atoms with Crippen LogP contribution in [0, 0.1) is 4.77 Å². The molecule has 1 aromatic heterocycles. The molecule has 0 aliphatic carbocycles. The van der Waals surface area contributed by atoms with Crippen LogP contribution in [0.1, 0.15) is 24.7 Å². The largest absolute Gasteiger partial charge is 0.457 e. The molecule has 0 saturated carbocycles. The van der Waals surface area contributed by atoms with Gasteiger partial charge in [0.25, 0.3) is 0 Å². The molecule has 2 N–H and O–H groups in total. The fourth-order valence-corrected chi connectivity index (χ4v) is 2.89. The zero-order chi connectivity index (χ0) is 19.1. The normalized spacial score (nSPS) is 10.6. The van der Waals surface area contributed by atoms with Crippen molar-refractivity contribution in [3.63, 3.8) is 0 Å². The van der Waals surface area contributed by atoms with Crippen LogP contribution in [0.15, 0.2) is 54.6 Å². The maximum atomic E-state index is 12.3. The highest BCUT2D eigenvalue weighted by Gasteiger charge is 2.10. The molecule has 3 aromatic rings. The lowest BCUT2D eigenvalue weighted by Crippen LogP contribution is -2.27. The Balaban J connectivity index is 1.58. The van der Waals surface area contributed by atoms with E-state index in [1.54, 1.807) is 4.57 Å². The Kier molecular flexibility index (Phi) is 6.38. The van der Waals surface area contributed by atoms with Crippen LogP contribution in [0.5, 0.6) is 11.5 Å². The second kappa shape index (κ2) is 9.14. The summed E-state index contributed by atoms with van der Waals surface area (Å²) in [5.74, 6) is 2.20. The molecule has 0 radical (unpaired) electrons. The van der Waals surface area contributed by atoms with Crippen molar-refractivity contribution in [1.82, 2.24) is 20.1 Å². The van der Waals surface area contributed by atoms with Gasteiger partial charge in [0.2, 0.25) is 5.91 Å². The van der Waals surface area contributed by atoms with E-state index in [0.29, 0.717) is 11.3 Å². The third-order valence-electron chi connectivity index (χ3n) is 3.98. The summed E-state index contributed by atoms with van der Waals surface area (Å²) in [6.45, 7) is 2.64. The van der Waals surface area contributed by atoms with E-state index in [1.807, 2.05) is 54.6 Å². The van der Waals surface area contributed by atoms with Gasteiger partial charge in [0, 0.05) is 13.0 Å². The maximum Gasteiger partial charge on any atom is 0.240 e. The fraction of sp³-hybridized carbons (Fsp3) is 0.250. The van der Waals surface area contributed by atoms with Crippen molar-refractivity contribution in [3.05, 3.63) is 70.8 Å². The highest BCUT2D eigenvalue weighted by atomic mass is 32.1. The average Bonchev–Trinajstić information content (AvgIpc) is 3.01. The minimum Gasteiger partial charge on any atom is -0.457 e. The van der Waals surface area contributed by atoms with Gasteiger partial charge < -0.3 is 10.1 Å². The van der Waals surface area contributed by atoms with E-state index in [-0.39, 0.29) is 12.5 Å². The molecule has 27 heavy (non-hydrogen) atoms. The quantitative estimate of drug-likeness (QED) is 0.578. The van der Waals surface area contributed by atoms with Crippen molar-refractivity contribution in [1.29, 1.82) is 0 Å². The smallest absolute Gasteiger partial charge is 0.240 e. The molecule has 0 fully saturated rings. The number of para-hydroxylation sites is 1. The number of nitrogens with one attached hydrogen (secondary N) is 2. The number of amides is 1. The number of hydrogen-bond acceptors (Lipinski definition) is 4. The Hall–Kier alpha value is -2.93. The topological polar surface area (TPSA) is 71.9 Å². The molecule has 0 unspecified atom stereocenters. The first-order chi connectivity index (χ1) is 13.2. The molecule has 6 nitrogen and oxygen atoms in total. The first-order valence-electron chi connectivity index (χ1n) is 8.88. The molecular formula is C20H22N4O2S. The van der Waals surface area contributed by atoms with Crippen LogP contribution < -0.4 is 10.1 Å². The van der Waals surface area contributed by atoms with Crippen LogP contribution in [0.3, 0.4) is 0 Å². The predicted molar refractivity (Wildman–Crippen MR) is 106 cm³/mol. The van der Waals surface area contributed by atoms with Crippen LogP contribution in [-0.2, 0) is 24.3 Å². The summed E-state index contributed by atoms with van der Waals surface area (Å²) in [5, 5.41) is 9.85. The van der Waals surface area contributed by atoms with Gasteiger partial charge >= 0.3 is 0 Å². The molecule has 0 spiro atoms. The second-order valence-corrected chi connectivity index (χ2v) is 6.51. The zero-order valence-corrected chi connectivity index (χ0v) is 16.0. The number of ether oxygens (including phenoxy) is 1. The number of carbonyl (C=O) groups excluding carboxylic acids is 1. The van der Waals surface area contributed by atoms with Crippen LogP contribution in [0.4, 0.5) is 0 Å². The highest BCUT2D eigenvalue weighted by molar-refractivity contribution is 7.71.